The molecule has 22 heavy (non-hydrogen) atoms. The SMILES string of the molecule is CN(/C=C/C=C/C(c1ccccc1)=[N+](C)C)c1ccccc1. The summed E-state index contributed by atoms with van der Waals surface area (Å²) in [4.78, 5) is 2.10. The van der Waals surface area contributed by atoms with Crippen molar-refractivity contribution in [1.82, 2.24) is 0 Å². The lowest BCUT2D eigenvalue weighted by Gasteiger charge is -2.12. The van der Waals surface area contributed by atoms with Crippen molar-refractivity contribution in [3.63, 3.8) is 0 Å². The molecule has 0 radical (unpaired) electrons. The summed E-state index contributed by atoms with van der Waals surface area (Å²) in [5, 5.41) is 0. The van der Waals surface area contributed by atoms with Gasteiger partial charge in [0.15, 0.2) is 0 Å². The Morgan fingerprint density at radius 1 is 0.864 bits per heavy atom. The van der Waals surface area contributed by atoms with E-state index in [1.807, 2.05) is 31.3 Å². The summed E-state index contributed by atoms with van der Waals surface area (Å²) in [7, 11) is 6.17. The largest absolute Gasteiger partial charge is 0.351 e. The van der Waals surface area contributed by atoms with Crippen LogP contribution in [0.3, 0.4) is 0 Å². The smallest absolute Gasteiger partial charge is 0.206 e. The van der Waals surface area contributed by atoms with Crippen molar-refractivity contribution in [1.29, 1.82) is 0 Å². The molecule has 0 atom stereocenters. The summed E-state index contributed by atoms with van der Waals surface area (Å²) >= 11 is 0. The van der Waals surface area contributed by atoms with Gasteiger partial charge in [-0.3, -0.25) is 0 Å². The number of nitrogens with zero attached hydrogens (tertiary/aromatic N) is 2. The highest BCUT2D eigenvalue weighted by molar-refractivity contribution is 6.05. The number of para-hydroxylation sites is 1. The summed E-state index contributed by atoms with van der Waals surface area (Å²) < 4.78 is 2.13. The first-order chi connectivity index (χ1) is 10.7. The predicted molar refractivity (Wildman–Crippen MR) is 95.8 cm³/mol. The van der Waals surface area contributed by atoms with Crippen molar-refractivity contribution in [2.45, 2.75) is 0 Å². The van der Waals surface area contributed by atoms with E-state index in [1.54, 1.807) is 0 Å². The number of allylic oxidation sites excluding steroid dienone is 3. The zero-order valence-electron chi connectivity index (χ0n) is 13.5. The molecule has 2 rings (SSSR count). The molecule has 0 spiro atoms. The average molecular weight is 291 g/mol. The molecule has 0 bridgehead atoms. The first-order valence-electron chi connectivity index (χ1n) is 7.41. The van der Waals surface area contributed by atoms with Gasteiger partial charge in [-0.2, -0.15) is 0 Å². The topological polar surface area (TPSA) is 6.25 Å². The second kappa shape index (κ2) is 7.99. The van der Waals surface area contributed by atoms with Crippen molar-refractivity contribution in [3.05, 3.63) is 90.7 Å². The molecule has 2 nitrogen and oxygen atoms in total. The molecule has 0 aliphatic heterocycles. The van der Waals surface area contributed by atoms with Crippen LogP contribution >= 0.6 is 0 Å². The third kappa shape index (κ3) is 4.45. The van der Waals surface area contributed by atoms with E-state index in [1.165, 1.54) is 17.0 Å². The molecule has 0 saturated heterocycles. The van der Waals surface area contributed by atoms with Crippen LogP contribution in [-0.4, -0.2) is 31.4 Å². The van der Waals surface area contributed by atoms with Crippen molar-refractivity contribution in [3.8, 4) is 0 Å². The van der Waals surface area contributed by atoms with E-state index in [0.29, 0.717) is 0 Å². The minimum Gasteiger partial charge on any atom is -0.351 e. The van der Waals surface area contributed by atoms with Crippen LogP contribution in [0.15, 0.2) is 85.1 Å². The van der Waals surface area contributed by atoms with Crippen LogP contribution in [0.2, 0.25) is 0 Å². The quantitative estimate of drug-likeness (QED) is 0.459. The Morgan fingerprint density at radius 2 is 1.45 bits per heavy atom. The van der Waals surface area contributed by atoms with Crippen LogP contribution in [-0.2, 0) is 0 Å². The Hall–Kier alpha value is -2.61. The highest BCUT2D eigenvalue weighted by Crippen LogP contribution is 2.11. The number of hydrogen-bond acceptors (Lipinski definition) is 1. The number of hydrogen-bond donors (Lipinski definition) is 0. The fraction of sp³-hybridized carbons (Fsp3) is 0.150. The van der Waals surface area contributed by atoms with Gasteiger partial charge in [0.05, 0.1) is 0 Å². The van der Waals surface area contributed by atoms with Crippen molar-refractivity contribution in [2.75, 3.05) is 26.0 Å². The van der Waals surface area contributed by atoms with Gasteiger partial charge in [0.25, 0.3) is 0 Å². The molecule has 0 aromatic heterocycles. The van der Waals surface area contributed by atoms with Gasteiger partial charge in [0, 0.05) is 30.6 Å². The molecule has 0 heterocycles. The van der Waals surface area contributed by atoms with Gasteiger partial charge in [-0.25, -0.2) is 4.58 Å². The Balaban J connectivity index is 2.07. The van der Waals surface area contributed by atoms with Crippen LogP contribution in [0.5, 0.6) is 0 Å². The second-order valence-corrected chi connectivity index (χ2v) is 5.29. The molecule has 112 valence electrons. The Morgan fingerprint density at radius 3 is 2.05 bits per heavy atom. The van der Waals surface area contributed by atoms with Gasteiger partial charge in [-0.05, 0) is 30.3 Å². The van der Waals surface area contributed by atoms with Crippen LogP contribution in [0.4, 0.5) is 5.69 Å². The van der Waals surface area contributed by atoms with E-state index in [9.17, 15) is 0 Å². The van der Waals surface area contributed by atoms with E-state index in [0.717, 1.165) is 0 Å². The zero-order chi connectivity index (χ0) is 15.8. The van der Waals surface area contributed by atoms with Gasteiger partial charge < -0.3 is 4.90 Å². The summed E-state index contributed by atoms with van der Waals surface area (Å²) in [5.74, 6) is 0. The third-order valence-corrected chi connectivity index (χ3v) is 3.39. The fourth-order valence-corrected chi connectivity index (χ4v) is 2.19. The van der Waals surface area contributed by atoms with E-state index in [-0.39, 0.29) is 0 Å². The minimum absolute atomic E-state index is 1.17. The molecule has 0 N–H and O–H groups in total. The van der Waals surface area contributed by atoms with E-state index < -0.39 is 0 Å². The van der Waals surface area contributed by atoms with Crippen molar-refractivity contribution >= 4 is 11.4 Å². The molecule has 0 saturated carbocycles. The van der Waals surface area contributed by atoms with Gasteiger partial charge >= 0.3 is 0 Å². The van der Waals surface area contributed by atoms with Crippen LogP contribution < -0.4 is 4.90 Å². The number of benzene rings is 2. The second-order valence-electron chi connectivity index (χ2n) is 5.29. The Kier molecular flexibility index (Phi) is 5.73. The zero-order valence-corrected chi connectivity index (χ0v) is 13.5. The first-order valence-corrected chi connectivity index (χ1v) is 7.41. The highest BCUT2D eigenvalue weighted by Gasteiger charge is 2.05. The highest BCUT2D eigenvalue weighted by atomic mass is 15.1. The maximum absolute atomic E-state index is 2.13. The molecular formula is C20H23N2+. The lowest BCUT2D eigenvalue weighted by atomic mass is 10.1. The summed E-state index contributed by atoms with van der Waals surface area (Å²) in [5.41, 5.74) is 3.58. The monoisotopic (exact) mass is 291 g/mol. The Labute approximate surface area is 133 Å². The minimum atomic E-state index is 1.17. The summed E-state index contributed by atoms with van der Waals surface area (Å²) in [6, 6.07) is 20.7. The van der Waals surface area contributed by atoms with Gasteiger partial charge in [0.2, 0.25) is 5.71 Å². The van der Waals surface area contributed by atoms with Crippen LogP contribution in [0.1, 0.15) is 5.56 Å². The van der Waals surface area contributed by atoms with Gasteiger partial charge in [-0.1, -0.05) is 42.5 Å². The van der Waals surface area contributed by atoms with E-state index in [2.05, 4.69) is 84.4 Å². The van der Waals surface area contributed by atoms with Crippen LogP contribution in [0.25, 0.3) is 0 Å². The molecule has 2 heteroatoms. The maximum atomic E-state index is 2.13. The molecular weight excluding hydrogens is 268 g/mol. The molecule has 0 amide bonds. The predicted octanol–water partition coefficient (Wildman–Crippen LogP) is 3.95. The molecule has 0 unspecified atom stereocenters. The standard InChI is InChI=1S/C20H23N2/c1-21(2)20(18-12-6-4-7-13-18)16-10-11-17-22(3)19-14-8-5-9-15-19/h4-17H,1-3H3/q+1. The van der Waals surface area contributed by atoms with Crippen molar-refractivity contribution < 1.29 is 4.58 Å². The molecule has 0 fully saturated rings. The normalized spacial score (nSPS) is 11.0. The number of rotatable bonds is 5. The number of anilines is 1. The Bertz CT molecular complexity index is 663. The van der Waals surface area contributed by atoms with Crippen LogP contribution in [0, 0.1) is 0 Å². The third-order valence-electron chi connectivity index (χ3n) is 3.39. The molecule has 0 aliphatic carbocycles. The lowest BCUT2D eigenvalue weighted by Crippen LogP contribution is -2.12. The summed E-state index contributed by atoms with van der Waals surface area (Å²) in [6.45, 7) is 0. The van der Waals surface area contributed by atoms with Crippen molar-refractivity contribution in [2.24, 2.45) is 0 Å². The molecule has 0 aliphatic rings. The molecule has 2 aromatic rings. The van der Waals surface area contributed by atoms with Gasteiger partial charge in [-0.15, -0.1) is 0 Å². The lowest BCUT2D eigenvalue weighted by molar-refractivity contribution is -0.463. The average Bonchev–Trinajstić information content (AvgIpc) is 2.56. The van der Waals surface area contributed by atoms with E-state index >= 15 is 0 Å². The van der Waals surface area contributed by atoms with Gasteiger partial charge in [0.1, 0.15) is 14.1 Å². The fourth-order valence-electron chi connectivity index (χ4n) is 2.19. The van der Waals surface area contributed by atoms with E-state index in [4.69, 9.17) is 0 Å². The molecule has 2 aromatic carbocycles. The summed E-state index contributed by atoms with van der Waals surface area (Å²) in [6.07, 6.45) is 8.32. The first kappa shape index (κ1) is 15.8. The maximum Gasteiger partial charge on any atom is 0.206 e.